The molecule has 2 saturated heterocycles. The van der Waals surface area contributed by atoms with Gasteiger partial charge in [0.1, 0.15) is 6.10 Å². The van der Waals surface area contributed by atoms with Gasteiger partial charge in [-0.15, -0.1) is 0 Å². The summed E-state index contributed by atoms with van der Waals surface area (Å²) in [6.45, 7) is 2.00. The average molecular weight is 355 g/mol. The number of rotatable bonds is 2. The first-order valence-electron chi connectivity index (χ1n) is 6.76. The Morgan fingerprint density at radius 3 is 2.95 bits per heavy atom. The molecule has 0 radical (unpaired) electrons. The summed E-state index contributed by atoms with van der Waals surface area (Å²) in [5, 5.41) is 2.62. The summed E-state index contributed by atoms with van der Waals surface area (Å²) in [6, 6.07) is 3.07. The molecule has 4 amide bonds. The monoisotopic (exact) mass is 354 g/mol. The third kappa shape index (κ3) is 3.10. The summed E-state index contributed by atoms with van der Waals surface area (Å²) >= 11 is 3.32. The minimum absolute atomic E-state index is 0.0895. The number of pyridine rings is 1. The molecule has 1 N–H and O–H groups in total. The van der Waals surface area contributed by atoms with E-state index in [1.807, 2.05) is 6.07 Å². The molecule has 1 unspecified atom stereocenters. The number of urea groups is 2. The summed E-state index contributed by atoms with van der Waals surface area (Å²) < 4.78 is 6.64. The first-order valence-corrected chi connectivity index (χ1v) is 7.55. The topological polar surface area (TPSA) is 74.8 Å². The second-order valence-corrected chi connectivity index (χ2v) is 5.87. The van der Waals surface area contributed by atoms with E-state index in [0.29, 0.717) is 32.1 Å². The van der Waals surface area contributed by atoms with Crippen molar-refractivity contribution >= 4 is 28.0 Å². The van der Waals surface area contributed by atoms with Gasteiger partial charge in [-0.1, -0.05) is 0 Å². The van der Waals surface area contributed by atoms with Crippen LogP contribution in [0.1, 0.15) is 6.42 Å². The van der Waals surface area contributed by atoms with E-state index in [4.69, 9.17) is 4.74 Å². The fraction of sp³-hybridized carbons (Fsp3) is 0.462. The lowest BCUT2D eigenvalue weighted by molar-refractivity contribution is 0.160. The molecule has 2 aliphatic rings. The van der Waals surface area contributed by atoms with E-state index in [2.05, 4.69) is 26.2 Å². The quantitative estimate of drug-likeness (QED) is 0.871. The van der Waals surface area contributed by atoms with Crippen LogP contribution in [0.3, 0.4) is 0 Å². The number of hydrogen-bond acceptors (Lipinski definition) is 4. The first-order chi connectivity index (χ1) is 10.1. The summed E-state index contributed by atoms with van der Waals surface area (Å²) in [7, 11) is 0. The van der Waals surface area contributed by atoms with Crippen LogP contribution in [0.5, 0.6) is 5.88 Å². The molecular weight excluding hydrogens is 340 g/mol. The number of ether oxygens (including phenoxy) is 1. The number of amides is 4. The van der Waals surface area contributed by atoms with Gasteiger partial charge in [0.2, 0.25) is 5.88 Å². The van der Waals surface area contributed by atoms with Crippen LogP contribution in [0.25, 0.3) is 0 Å². The highest BCUT2D eigenvalue weighted by Crippen LogP contribution is 2.19. The molecule has 0 aliphatic carbocycles. The van der Waals surface area contributed by atoms with Gasteiger partial charge in [0.05, 0.1) is 6.54 Å². The Balaban J connectivity index is 1.56. The van der Waals surface area contributed by atoms with Gasteiger partial charge in [-0.25, -0.2) is 19.5 Å². The normalized spacial score (nSPS) is 21.6. The van der Waals surface area contributed by atoms with Crippen molar-refractivity contribution in [2.24, 2.45) is 0 Å². The minimum atomic E-state index is -0.320. The van der Waals surface area contributed by atoms with Gasteiger partial charge in [0.15, 0.2) is 0 Å². The predicted molar refractivity (Wildman–Crippen MR) is 78.0 cm³/mol. The molecule has 3 rings (SSSR count). The number of imide groups is 1. The van der Waals surface area contributed by atoms with Gasteiger partial charge in [-0.2, -0.15) is 0 Å². The lowest BCUT2D eigenvalue weighted by Gasteiger charge is -2.21. The van der Waals surface area contributed by atoms with Crippen LogP contribution in [0.2, 0.25) is 0 Å². The predicted octanol–water partition coefficient (Wildman–Crippen LogP) is 1.44. The molecule has 21 heavy (non-hydrogen) atoms. The number of carbonyl (C=O) groups excluding carboxylic acids is 2. The Morgan fingerprint density at radius 2 is 2.29 bits per heavy atom. The molecule has 0 spiro atoms. The summed E-state index contributed by atoms with van der Waals surface area (Å²) in [5.74, 6) is 0.538. The fourth-order valence-corrected chi connectivity index (χ4v) is 2.66. The van der Waals surface area contributed by atoms with E-state index in [1.165, 1.54) is 4.90 Å². The molecule has 2 fully saturated rings. The standard InChI is InChI=1S/C13H15BrN4O3/c14-9-1-2-11(16-7-9)21-10-3-5-17(8-10)13(20)18-6-4-15-12(18)19/h1-2,7,10H,3-6,8H2,(H,15,19). The van der Waals surface area contributed by atoms with Crippen LogP contribution in [0.4, 0.5) is 9.59 Å². The van der Waals surface area contributed by atoms with E-state index in [-0.39, 0.29) is 18.2 Å². The molecule has 112 valence electrons. The zero-order valence-corrected chi connectivity index (χ0v) is 12.9. The zero-order chi connectivity index (χ0) is 14.8. The van der Waals surface area contributed by atoms with Crippen LogP contribution in [0.15, 0.2) is 22.8 Å². The molecule has 7 nitrogen and oxygen atoms in total. The maximum absolute atomic E-state index is 12.2. The molecule has 1 aromatic rings. The smallest absolute Gasteiger partial charge is 0.328 e. The van der Waals surface area contributed by atoms with Crippen molar-refractivity contribution < 1.29 is 14.3 Å². The third-order valence-electron chi connectivity index (χ3n) is 3.49. The summed E-state index contributed by atoms with van der Waals surface area (Å²) in [5.41, 5.74) is 0. The Hall–Kier alpha value is -1.83. The van der Waals surface area contributed by atoms with E-state index < -0.39 is 0 Å². The maximum atomic E-state index is 12.2. The van der Waals surface area contributed by atoms with Crippen molar-refractivity contribution in [2.45, 2.75) is 12.5 Å². The number of likely N-dealkylation sites (tertiary alicyclic amines) is 1. The number of carbonyl (C=O) groups is 2. The Morgan fingerprint density at radius 1 is 1.43 bits per heavy atom. The van der Waals surface area contributed by atoms with Crippen molar-refractivity contribution in [3.8, 4) is 5.88 Å². The number of halogens is 1. The number of aromatic nitrogens is 1. The number of nitrogens with zero attached hydrogens (tertiary/aromatic N) is 3. The second-order valence-electron chi connectivity index (χ2n) is 4.96. The molecule has 1 atom stereocenters. The van der Waals surface area contributed by atoms with E-state index >= 15 is 0 Å². The maximum Gasteiger partial charge on any atom is 0.328 e. The average Bonchev–Trinajstić information content (AvgIpc) is 3.10. The van der Waals surface area contributed by atoms with Gasteiger partial charge in [0.25, 0.3) is 0 Å². The Labute approximate surface area is 130 Å². The van der Waals surface area contributed by atoms with Gasteiger partial charge >= 0.3 is 12.1 Å². The van der Waals surface area contributed by atoms with Crippen molar-refractivity contribution in [3.63, 3.8) is 0 Å². The van der Waals surface area contributed by atoms with Crippen LogP contribution in [-0.2, 0) is 0 Å². The molecule has 0 bridgehead atoms. The van der Waals surface area contributed by atoms with Gasteiger partial charge in [0, 0.05) is 42.8 Å². The van der Waals surface area contributed by atoms with Crippen molar-refractivity contribution in [2.75, 3.05) is 26.2 Å². The van der Waals surface area contributed by atoms with E-state index in [1.54, 1.807) is 17.2 Å². The summed E-state index contributed by atoms with van der Waals surface area (Å²) in [4.78, 5) is 30.8. The molecule has 8 heteroatoms. The fourth-order valence-electron chi connectivity index (χ4n) is 2.43. The van der Waals surface area contributed by atoms with Gasteiger partial charge < -0.3 is 15.0 Å². The largest absolute Gasteiger partial charge is 0.472 e. The first kappa shape index (κ1) is 14.1. The SMILES string of the molecule is O=C1NCCN1C(=O)N1CCC(Oc2ccc(Br)cn2)C1. The lowest BCUT2D eigenvalue weighted by atomic mass is 10.3. The van der Waals surface area contributed by atoms with Crippen LogP contribution < -0.4 is 10.1 Å². The molecular formula is C13H15BrN4O3. The van der Waals surface area contributed by atoms with E-state index in [0.717, 1.165) is 10.9 Å². The zero-order valence-electron chi connectivity index (χ0n) is 11.3. The van der Waals surface area contributed by atoms with Crippen LogP contribution >= 0.6 is 15.9 Å². The highest BCUT2D eigenvalue weighted by atomic mass is 79.9. The molecule has 3 heterocycles. The highest BCUT2D eigenvalue weighted by molar-refractivity contribution is 9.10. The van der Waals surface area contributed by atoms with Crippen molar-refractivity contribution in [3.05, 3.63) is 22.8 Å². The van der Waals surface area contributed by atoms with Crippen molar-refractivity contribution in [1.29, 1.82) is 0 Å². The molecule has 0 aromatic carbocycles. The molecule has 1 aromatic heterocycles. The number of nitrogens with one attached hydrogen (secondary N) is 1. The van der Waals surface area contributed by atoms with Crippen LogP contribution in [0, 0.1) is 0 Å². The summed E-state index contributed by atoms with van der Waals surface area (Å²) in [6.07, 6.45) is 2.31. The van der Waals surface area contributed by atoms with Crippen LogP contribution in [-0.4, -0.2) is 59.1 Å². The minimum Gasteiger partial charge on any atom is -0.472 e. The second kappa shape index (κ2) is 5.88. The van der Waals surface area contributed by atoms with Gasteiger partial charge in [-0.3, -0.25) is 0 Å². The van der Waals surface area contributed by atoms with E-state index in [9.17, 15) is 9.59 Å². The Kier molecular flexibility index (Phi) is 3.96. The highest BCUT2D eigenvalue weighted by Gasteiger charge is 2.35. The Bertz CT molecular complexity index is 551. The van der Waals surface area contributed by atoms with Gasteiger partial charge in [-0.05, 0) is 22.0 Å². The molecule has 0 saturated carbocycles. The van der Waals surface area contributed by atoms with Crippen molar-refractivity contribution in [1.82, 2.24) is 20.1 Å². The number of hydrogen-bond donors (Lipinski definition) is 1. The lowest BCUT2D eigenvalue weighted by Crippen LogP contribution is -2.44. The third-order valence-corrected chi connectivity index (χ3v) is 3.96. The molecule has 2 aliphatic heterocycles.